The van der Waals surface area contributed by atoms with Crippen LogP contribution in [0.2, 0.25) is 0 Å². The molecule has 1 aromatic rings. The minimum Gasteiger partial charge on any atom is -0.379 e. The van der Waals surface area contributed by atoms with E-state index in [9.17, 15) is 4.79 Å². The number of ether oxygens (including phenoxy) is 1. The lowest BCUT2D eigenvalue weighted by Gasteiger charge is -2.19. The normalized spacial score (nSPS) is 14.2. The van der Waals surface area contributed by atoms with Crippen molar-refractivity contribution in [1.82, 2.24) is 4.90 Å². The molecule has 0 spiro atoms. The number of aryl methyl sites for hydroxylation is 1. The molecule has 5 heteroatoms. The highest BCUT2D eigenvalue weighted by atomic mass is 16.5. The predicted octanol–water partition coefficient (Wildman–Crippen LogP) is 1.78. The lowest BCUT2D eigenvalue weighted by atomic mass is 10.1. The number of hydrogen-bond acceptors (Lipinski definition) is 4. The van der Waals surface area contributed by atoms with E-state index in [1.165, 1.54) is 12.8 Å². The highest BCUT2D eigenvalue weighted by Gasteiger charge is 2.21. The van der Waals surface area contributed by atoms with E-state index in [1.54, 1.807) is 18.0 Å². The zero-order valence-corrected chi connectivity index (χ0v) is 12.2. The second kappa shape index (κ2) is 6.72. The van der Waals surface area contributed by atoms with Gasteiger partial charge in [-0.15, -0.1) is 0 Å². The minimum atomic E-state index is -0.0482. The number of nitrogens with one attached hydrogen (secondary N) is 1. The minimum absolute atomic E-state index is 0.0482. The first kappa shape index (κ1) is 14.8. The van der Waals surface area contributed by atoms with E-state index in [1.807, 2.05) is 19.1 Å². The molecule has 0 saturated heterocycles. The van der Waals surface area contributed by atoms with Gasteiger partial charge in [0.2, 0.25) is 0 Å². The van der Waals surface area contributed by atoms with Crippen LogP contribution in [0, 0.1) is 12.8 Å². The summed E-state index contributed by atoms with van der Waals surface area (Å²) in [4.78, 5) is 14.0. The maximum atomic E-state index is 12.4. The number of likely N-dealkylation sites (N-methyl/N-ethyl adjacent to an activating group) is 1. The van der Waals surface area contributed by atoms with Crippen LogP contribution in [0.25, 0.3) is 0 Å². The number of nitrogens with two attached hydrogens (primary N) is 1. The monoisotopic (exact) mass is 277 g/mol. The number of hydrogen-bond donors (Lipinski definition) is 2. The molecule has 0 bridgehead atoms. The molecule has 0 aliphatic heterocycles. The average Bonchev–Trinajstić information content (AvgIpc) is 3.26. The Morgan fingerprint density at radius 1 is 1.50 bits per heavy atom. The van der Waals surface area contributed by atoms with Gasteiger partial charge in [0.05, 0.1) is 17.9 Å². The predicted molar refractivity (Wildman–Crippen MR) is 79.5 cm³/mol. The van der Waals surface area contributed by atoms with Gasteiger partial charge >= 0.3 is 0 Å². The van der Waals surface area contributed by atoms with Gasteiger partial charge < -0.3 is 15.1 Å². The van der Waals surface area contributed by atoms with E-state index in [2.05, 4.69) is 5.43 Å². The number of rotatable bonds is 7. The Morgan fingerprint density at radius 3 is 2.90 bits per heavy atom. The van der Waals surface area contributed by atoms with Crippen molar-refractivity contribution in [1.29, 1.82) is 0 Å². The quantitative estimate of drug-likeness (QED) is 0.453. The Morgan fingerprint density at radius 2 is 2.25 bits per heavy atom. The number of nitrogen functional groups attached to an aromatic ring is 1. The van der Waals surface area contributed by atoms with Gasteiger partial charge in [-0.3, -0.25) is 10.6 Å². The summed E-state index contributed by atoms with van der Waals surface area (Å²) in [6.07, 6.45) is 2.56. The van der Waals surface area contributed by atoms with Gasteiger partial charge in [-0.25, -0.2) is 0 Å². The average molecular weight is 277 g/mol. The van der Waals surface area contributed by atoms with Crippen LogP contribution in [-0.4, -0.2) is 37.6 Å². The third kappa shape index (κ3) is 3.95. The fraction of sp³-hybridized carbons (Fsp3) is 0.533. The van der Waals surface area contributed by atoms with Crippen molar-refractivity contribution in [3.63, 3.8) is 0 Å². The maximum absolute atomic E-state index is 12.4. The fourth-order valence-corrected chi connectivity index (χ4v) is 2.01. The molecule has 0 radical (unpaired) electrons. The van der Waals surface area contributed by atoms with Gasteiger partial charge in [-0.05, 0) is 43.4 Å². The number of carbonyl (C=O) groups is 1. The van der Waals surface area contributed by atoms with E-state index in [4.69, 9.17) is 10.6 Å². The van der Waals surface area contributed by atoms with Gasteiger partial charge in [0.1, 0.15) is 0 Å². The van der Waals surface area contributed by atoms with Crippen LogP contribution in [-0.2, 0) is 4.74 Å². The van der Waals surface area contributed by atoms with Crippen LogP contribution < -0.4 is 11.3 Å². The second-order valence-corrected chi connectivity index (χ2v) is 5.44. The third-order valence-electron chi connectivity index (χ3n) is 3.53. The number of anilines is 1. The molecule has 5 nitrogen and oxygen atoms in total. The highest BCUT2D eigenvalue weighted by Crippen LogP contribution is 2.28. The first-order valence-corrected chi connectivity index (χ1v) is 7.02. The Balaban J connectivity index is 1.88. The largest absolute Gasteiger partial charge is 0.379 e. The molecular formula is C15H23N3O2. The van der Waals surface area contributed by atoms with E-state index in [-0.39, 0.29) is 5.91 Å². The topological polar surface area (TPSA) is 67.6 Å². The maximum Gasteiger partial charge on any atom is 0.255 e. The molecule has 1 aliphatic rings. The first-order valence-electron chi connectivity index (χ1n) is 7.02. The summed E-state index contributed by atoms with van der Waals surface area (Å²) in [5.41, 5.74) is 4.88. The molecule has 1 saturated carbocycles. The van der Waals surface area contributed by atoms with Gasteiger partial charge in [0.15, 0.2) is 0 Å². The standard InChI is InChI=1S/C15H23N3O2/c1-11-3-6-13(14(9-11)17-16)15(19)18(2)7-8-20-10-12-4-5-12/h3,6,9,12,17H,4-5,7-8,10,16H2,1-2H3. The SMILES string of the molecule is Cc1ccc(C(=O)N(C)CCOCC2CC2)c(NN)c1. The van der Waals surface area contributed by atoms with Gasteiger partial charge in [0, 0.05) is 20.2 Å². The summed E-state index contributed by atoms with van der Waals surface area (Å²) < 4.78 is 5.56. The number of benzene rings is 1. The molecule has 1 amide bonds. The molecule has 2 rings (SSSR count). The molecule has 1 aromatic carbocycles. The molecule has 110 valence electrons. The summed E-state index contributed by atoms with van der Waals surface area (Å²) in [6.45, 7) is 3.95. The molecular weight excluding hydrogens is 254 g/mol. The van der Waals surface area contributed by atoms with Gasteiger partial charge in [-0.1, -0.05) is 6.07 Å². The Kier molecular flexibility index (Phi) is 4.98. The van der Waals surface area contributed by atoms with Crippen LogP contribution in [0.3, 0.4) is 0 Å². The Labute approximate surface area is 120 Å². The molecule has 0 atom stereocenters. The molecule has 1 aliphatic carbocycles. The van der Waals surface area contributed by atoms with Gasteiger partial charge in [-0.2, -0.15) is 0 Å². The van der Waals surface area contributed by atoms with Crippen molar-refractivity contribution < 1.29 is 9.53 Å². The smallest absolute Gasteiger partial charge is 0.255 e. The highest BCUT2D eigenvalue weighted by molar-refractivity contribution is 5.99. The number of carbonyl (C=O) groups excluding carboxylic acids is 1. The summed E-state index contributed by atoms with van der Waals surface area (Å²) in [5, 5.41) is 0. The van der Waals surface area contributed by atoms with Crippen molar-refractivity contribution >= 4 is 11.6 Å². The summed E-state index contributed by atoms with van der Waals surface area (Å²) in [7, 11) is 1.78. The number of hydrazine groups is 1. The Bertz CT molecular complexity index is 472. The molecule has 0 aromatic heterocycles. The van der Waals surface area contributed by atoms with Crippen LogP contribution in [0.5, 0.6) is 0 Å². The van der Waals surface area contributed by atoms with Crippen molar-refractivity contribution in [2.45, 2.75) is 19.8 Å². The van der Waals surface area contributed by atoms with Crippen LogP contribution >= 0.6 is 0 Å². The van der Waals surface area contributed by atoms with Crippen LogP contribution in [0.15, 0.2) is 18.2 Å². The second-order valence-electron chi connectivity index (χ2n) is 5.44. The summed E-state index contributed by atoms with van der Waals surface area (Å²) in [6, 6.07) is 5.57. The summed E-state index contributed by atoms with van der Waals surface area (Å²) >= 11 is 0. The third-order valence-corrected chi connectivity index (χ3v) is 3.53. The first-order chi connectivity index (χ1) is 9.61. The van der Waals surface area contributed by atoms with Crippen LogP contribution in [0.1, 0.15) is 28.8 Å². The lowest BCUT2D eigenvalue weighted by Crippen LogP contribution is -2.31. The fourth-order valence-electron chi connectivity index (χ4n) is 2.01. The zero-order valence-electron chi connectivity index (χ0n) is 12.2. The molecule has 1 fully saturated rings. The van der Waals surface area contributed by atoms with E-state index in [0.29, 0.717) is 24.4 Å². The van der Waals surface area contributed by atoms with Crippen molar-refractivity contribution in [2.24, 2.45) is 11.8 Å². The van der Waals surface area contributed by atoms with Crippen molar-refractivity contribution in [3.05, 3.63) is 29.3 Å². The molecule has 0 heterocycles. The van der Waals surface area contributed by atoms with Gasteiger partial charge in [0.25, 0.3) is 5.91 Å². The molecule has 3 N–H and O–H groups in total. The number of amides is 1. The molecule has 20 heavy (non-hydrogen) atoms. The van der Waals surface area contributed by atoms with E-state index >= 15 is 0 Å². The van der Waals surface area contributed by atoms with E-state index < -0.39 is 0 Å². The lowest BCUT2D eigenvalue weighted by molar-refractivity contribution is 0.0682. The zero-order chi connectivity index (χ0) is 14.5. The van der Waals surface area contributed by atoms with E-state index in [0.717, 1.165) is 18.1 Å². The summed E-state index contributed by atoms with van der Waals surface area (Å²) in [5.74, 6) is 6.18. The van der Waals surface area contributed by atoms with Crippen molar-refractivity contribution in [3.8, 4) is 0 Å². The Hall–Kier alpha value is -1.59. The van der Waals surface area contributed by atoms with Crippen molar-refractivity contribution in [2.75, 3.05) is 32.2 Å². The molecule has 0 unspecified atom stereocenters. The van der Waals surface area contributed by atoms with Crippen LogP contribution in [0.4, 0.5) is 5.69 Å². The number of nitrogens with zero attached hydrogens (tertiary/aromatic N) is 1.